The number of anilines is 2. The first-order valence-electron chi connectivity index (χ1n) is 12.9. The second-order valence-electron chi connectivity index (χ2n) is 10.1. The number of phenols is 1. The van der Waals surface area contributed by atoms with Gasteiger partial charge in [-0.15, -0.1) is 0 Å². The second kappa shape index (κ2) is 9.89. The topological polar surface area (TPSA) is 92.4 Å². The molecule has 2 aliphatic rings. The van der Waals surface area contributed by atoms with Gasteiger partial charge in [-0.25, -0.2) is 14.2 Å². The van der Waals surface area contributed by atoms with E-state index >= 15 is 4.39 Å². The molecule has 0 unspecified atom stereocenters. The SMILES string of the molecule is Cn1ccn(-c2ccc(-c3cc(F)cc(-c4cc(NC(=O)C5CC5)nc(N5CCCC5)c4)c3O)cc2Cl)c1=O. The summed E-state index contributed by atoms with van der Waals surface area (Å²) in [6.07, 6.45) is 7.04. The van der Waals surface area contributed by atoms with Gasteiger partial charge in [0.2, 0.25) is 5.91 Å². The van der Waals surface area contributed by atoms with E-state index < -0.39 is 5.82 Å². The Balaban J connectivity index is 1.42. The molecule has 3 heterocycles. The summed E-state index contributed by atoms with van der Waals surface area (Å²) in [4.78, 5) is 31.6. The number of halogens is 2. The molecule has 2 aromatic carbocycles. The lowest BCUT2D eigenvalue weighted by Gasteiger charge is -2.20. The van der Waals surface area contributed by atoms with Gasteiger partial charge >= 0.3 is 5.69 Å². The number of carbonyl (C=O) groups excluding carboxylic acids is 1. The lowest BCUT2D eigenvalue weighted by Crippen LogP contribution is -2.21. The van der Waals surface area contributed by atoms with E-state index in [-0.39, 0.29) is 39.4 Å². The molecule has 0 spiro atoms. The maximum atomic E-state index is 15.0. The minimum absolute atomic E-state index is 0.000619. The summed E-state index contributed by atoms with van der Waals surface area (Å²) in [6, 6.07) is 10.9. The number of nitrogens with one attached hydrogen (secondary N) is 1. The van der Waals surface area contributed by atoms with Crippen molar-refractivity contribution in [2.45, 2.75) is 25.7 Å². The highest BCUT2D eigenvalue weighted by Crippen LogP contribution is 2.42. The van der Waals surface area contributed by atoms with Crippen LogP contribution in [0, 0.1) is 11.7 Å². The van der Waals surface area contributed by atoms with Crippen molar-refractivity contribution >= 4 is 29.1 Å². The molecular weight excluding hydrogens is 521 g/mol. The van der Waals surface area contributed by atoms with Crippen molar-refractivity contribution in [1.29, 1.82) is 0 Å². The van der Waals surface area contributed by atoms with E-state index in [0.717, 1.165) is 38.8 Å². The highest BCUT2D eigenvalue weighted by atomic mass is 35.5. The van der Waals surface area contributed by atoms with Crippen molar-refractivity contribution in [3.8, 4) is 33.7 Å². The summed E-state index contributed by atoms with van der Waals surface area (Å²) < 4.78 is 17.9. The van der Waals surface area contributed by atoms with Gasteiger partial charge in [0.15, 0.2) is 0 Å². The molecule has 8 nitrogen and oxygen atoms in total. The predicted molar refractivity (Wildman–Crippen MR) is 149 cm³/mol. The van der Waals surface area contributed by atoms with E-state index in [4.69, 9.17) is 11.6 Å². The van der Waals surface area contributed by atoms with Crippen LogP contribution in [0.2, 0.25) is 5.02 Å². The lowest BCUT2D eigenvalue weighted by atomic mass is 9.97. The summed E-state index contributed by atoms with van der Waals surface area (Å²) in [7, 11) is 1.64. The smallest absolute Gasteiger partial charge is 0.332 e. The Morgan fingerprint density at radius 3 is 2.41 bits per heavy atom. The van der Waals surface area contributed by atoms with Crippen LogP contribution in [0.3, 0.4) is 0 Å². The number of aromatic hydroxyl groups is 1. The fourth-order valence-corrected chi connectivity index (χ4v) is 5.25. The van der Waals surface area contributed by atoms with Gasteiger partial charge in [-0.3, -0.25) is 9.36 Å². The molecule has 39 heavy (non-hydrogen) atoms. The Kier molecular flexibility index (Phi) is 6.38. The number of amides is 1. The zero-order valence-electron chi connectivity index (χ0n) is 21.3. The minimum Gasteiger partial charge on any atom is -0.507 e. The van der Waals surface area contributed by atoms with E-state index in [0.29, 0.717) is 28.5 Å². The summed E-state index contributed by atoms with van der Waals surface area (Å²) in [5.74, 6) is 0.289. The standard InChI is InChI=1S/C29H27ClFN5O3/c1-34-10-11-36(29(34)39)24-7-6-18(12-23(24)30)21-15-20(31)16-22(27(21)37)19-13-25(33-28(38)17-4-5-17)32-26(14-19)35-8-2-3-9-35/h6-7,10-17,37H,2-5,8-9H2,1H3,(H,32,33,38). The Labute approximate surface area is 229 Å². The molecular formula is C29H27ClFN5O3. The fraction of sp³-hybridized carbons (Fsp3) is 0.276. The zero-order valence-corrected chi connectivity index (χ0v) is 22.1. The molecule has 1 aliphatic carbocycles. The van der Waals surface area contributed by atoms with Gasteiger partial charge in [0.25, 0.3) is 0 Å². The van der Waals surface area contributed by atoms with Crippen molar-refractivity contribution in [2.24, 2.45) is 13.0 Å². The maximum absolute atomic E-state index is 15.0. The van der Waals surface area contributed by atoms with Crippen LogP contribution in [0.4, 0.5) is 16.0 Å². The number of nitrogens with zero attached hydrogens (tertiary/aromatic N) is 4. The van der Waals surface area contributed by atoms with Crippen molar-refractivity contribution in [2.75, 3.05) is 23.3 Å². The number of hydrogen-bond donors (Lipinski definition) is 2. The van der Waals surface area contributed by atoms with Crippen LogP contribution in [0.5, 0.6) is 5.75 Å². The predicted octanol–water partition coefficient (Wildman–Crippen LogP) is 5.35. The largest absolute Gasteiger partial charge is 0.507 e. The molecule has 1 aliphatic heterocycles. The number of rotatable bonds is 6. The third-order valence-corrected chi connectivity index (χ3v) is 7.60. The normalized spacial score (nSPS) is 15.1. The molecule has 2 aromatic heterocycles. The summed E-state index contributed by atoms with van der Waals surface area (Å²) in [5, 5.41) is 14.6. The molecule has 200 valence electrons. The zero-order chi connectivity index (χ0) is 27.3. The van der Waals surface area contributed by atoms with Gasteiger partial charge in [0.05, 0.1) is 10.7 Å². The summed E-state index contributed by atoms with van der Waals surface area (Å²) in [5.41, 5.74) is 1.77. The molecule has 4 aromatic rings. The third-order valence-electron chi connectivity index (χ3n) is 7.29. The maximum Gasteiger partial charge on any atom is 0.332 e. The van der Waals surface area contributed by atoms with E-state index in [1.807, 2.05) is 6.07 Å². The average molecular weight is 548 g/mol. The van der Waals surface area contributed by atoms with Crippen LogP contribution < -0.4 is 15.9 Å². The summed E-state index contributed by atoms with van der Waals surface area (Å²) >= 11 is 6.54. The number of benzene rings is 2. The first kappa shape index (κ1) is 25.2. The molecule has 1 amide bonds. The number of pyridine rings is 1. The third kappa shape index (κ3) is 4.90. The Morgan fingerprint density at radius 2 is 1.77 bits per heavy atom. The first-order valence-corrected chi connectivity index (χ1v) is 13.3. The molecule has 0 atom stereocenters. The molecule has 2 N–H and O–H groups in total. The van der Waals surface area contributed by atoms with Crippen LogP contribution in [-0.2, 0) is 11.8 Å². The fourth-order valence-electron chi connectivity index (χ4n) is 4.97. The summed E-state index contributed by atoms with van der Waals surface area (Å²) in [6.45, 7) is 1.67. The van der Waals surface area contributed by atoms with Gasteiger partial charge in [0, 0.05) is 49.6 Å². The van der Waals surface area contributed by atoms with Crippen molar-refractivity contribution in [3.05, 3.63) is 76.2 Å². The number of aromatic nitrogens is 3. The number of imidazole rings is 1. The molecule has 6 rings (SSSR count). The van der Waals surface area contributed by atoms with Crippen LogP contribution in [-0.4, -0.2) is 38.2 Å². The van der Waals surface area contributed by atoms with Gasteiger partial charge in [0.1, 0.15) is 23.2 Å². The van der Waals surface area contributed by atoms with Crippen LogP contribution in [0.1, 0.15) is 25.7 Å². The number of carbonyl (C=O) groups is 1. The molecule has 0 radical (unpaired) electrons. The van der Waals surface area contributed by atoms with Crippen LogP contribution in [0.25, 0.3) is 27.9 Å². The van der Waals surface area contributed by atoms with Gasteiger partial charge in [-0.1, -0.05) is 17.7 Å². The van der Waals surface area contributed by atoms with Crippen molar-refractivity contribution in [3.63, 3.8) is 0 Å². The Bertz CT molecular complexity index is 1650. The molecule has 1 saturated heterocycles. The first-order chi connectivity index (χ1) is 18.8. The number of hydrogen-bond acceptors (Lipinski definition) is 5. The van der Waals surface area contributed by atoms with E-state index in [9.17, 15) is 14.7 Å². The molecule has 1 saturated carbocycles. The van der Waals surface area contributed by atoms with Crippen LogP contribution in [0.15, 0.2) is 59.7 Å². The number of phenolic OH excluding ortho intramolecular Hbond substituents is 1. The second-order valence-corrected chi connectivity index (χ2v) is 10.5. The van der Waals surface area contributed by atoms with Crippen molar-refractivity contribution in [1.82, 2.24) is 14.1 Å². The average Bonchev–Trinajstić information content (AvgIpc) is 3.53. The van der Waals surface area contributed by atoms with Crippen molar-refractivity contribution < 1.29 is 14.3 Å². The Morgan fingerprint density at radius 1 is 1.05 bits per heavy atom. The number of aryl methyl sites for hydroxylation is 1. The molecule has 2 fully saturated rings. The quantitative estimate of drug-likeness (QED) is 0.339. The minimum atomic E-state index is -0.541. The van der Waals surface area contributed by atoms with Gasteiger partial charge in [-0.2, -0.15) is 0 Å². The van der Waals surface area contributed by atoms with E-state index in [1.54, 1.807) is 43.7 Å². The van der Waals surface area contributed by atoms with Gasteiger partial charge in [-0.05, 0) is 73.2 Å². The van der Waals surface area contributed by atoms with Crippen LogP contribution >= 0.6 is 11.6 Å². The Hall–Kier alpha value is -4.11. The molecule has 0 bridgehead atoms. The molecule has 10 heteroatoms. The van der Waals surface area contributed by atoms with E-state index in [2.05, 4.69) is 15.2 Å². The lowest BCUT2D eigenvalue weighted by molar-refractivity contribution is -0.117. The highest BCUT2D eigenvalue weighted by molar-refractivity contribution is 6.32. The monoisotopic (exact) mass is 547 g/mol. The van der Waals surface area contributed by atoms with Gasteiger partial charge < -0.3 is 19.9 Å². The van der Waals surface area contributed by atoms with E-state index in [1.165, 1.54) is 21.3 Å². The highest BCUT2D eigenvalue weighted by Gasteiger charge is 2.30.